The van der Waals surface area contributed by atoms with E-state index >= 15 is 0 Å². The highest BCUT2D eigenvalue weighted by atomic mass is 16.6. The van der Waals surface area contributed by atoms with Crippen molar-refractivity contribution in [3.63, 3.8) is 0 Å². The van der Waals surface area contributed by atoms with E-state index in [1.807, 2.05) is 0 Å². The number of nitrogens with one attached hydrogen (secondary N) is 1. The van der Waals surface area contributed by atoms with Gasteiger partial charge >= 0.3 is 5.82 Å². The highest BCUT2D eigenvalue weighted by molar-refractivity contribution is 5.91. The van der Waals surface area contributed by atoms with Crippen molar-refractivity contribution >= 4 is 28.8 Å². The topological polar surface area (TPSA) is 176 Å². The fourth-order valence-corrected chi connectivity index (χ4v) is 2.21. The van der Waals surface area contributed by atoms with E-state index in [-0.39, 0.29) is 11.3 Å². The number of aryl methyl sites for hydroxylation is 1. The Balaban J connectivity index is 2.27. The predicted molar refractivity (Wildman–Crippen MR) is 86.7 cm³/mol. The molecule has 136 valence electrons. The van der Waals surface area contributed by atoms with E-state index in [0.717, 1.165) is 16.8 Å². The molecule has 0 radical (unpaired) electrons. The van der Waals surface area contributed by atoms with Gasteiger partial charge in [-0.05, 0) is 18.8 Å². The maximum absolute atomic E-state index is 12.1. The van der Waals surface area contributed by atoms with Crippen LogP contribution in [-0.2, 0) is 11.3 Å². The number of hydrogen-bond donors (Lipinski definition) is 1. The van der Waals surface area contributed by atoms with Gasteiger partial charge in [0, 0.05) is 12.1 Å². The molecule has 1 aromatic carbocycles. The monoisotopic (exact) mass is 364 g/mol. The molecule has 0 spiro atoms. The first-order valence-electron chi connectivity index (χ1n) is 7.02. The van der Waals surface area contributed by atoms with Crippen molar-refractivity contribution in [3.05, 3.63) is 59.8 Å². The third kappa shape index (κ3) is 3.77. The molecule has 26 heavy (non-hydrogen) atoms. The molecule has 0 aliphatic carbocycles. The van der Waals surface area contributed by atoms with Crippen molar-refractivity contribution in [1.29, 1.82) is 0 Å². The average Bonchev–Trinajstić information content (AvgIpc) is 2.89. The van der Waals surface area contributed by atoms with Crippen molar-refractivity contribution in [3.8, 4) is 0 Å². The average molecular weight is 364 g/mol. The Bertz CT molecular complexity index is 900. The number of nitro groups is 3. The van der Waals surface area contributed by atoms with Crippen molar-refractivity contribution in [2.24, 2.45) is 0 Å². The molecule has 0 aliphatic rings. The van der Waals surface area contributed by atoms with Crippen LogP contribution in [0.3, 0.4) is 0 Å². The zero-order valence-corrected chi connectivity index (χ0v) is 13.5. The Labute approximate surface area is 144 Å². The van der Waals surface area contributed by atoms with E-state index in [1.54, 1.807) is 0 Å². The highest BCUT2D eigenvalue weighted by Crippen LogP contribution is 2.31. The van der Waals surface area contributed by atoms with E-state index in [4.69, 9.17) is 0 Å². The second-order valence-corrected chi connectivity index (χ2v) is 5.26. The van der Waals surface area contributed by atoms with Crippen LogP contribution < -0.4 is 5.32 Å². The number of benzene rings is 1. The minimum atomic E-state index is -0.793. The van der Waals surface area contributed by atoms with Crippen LogP contribution in [0.4, 0.5) is 22.9 Å². The van der Waals surface area contributed by atoms with Crippen LogP contribution in [0.15, 0.2) is 18.2 Å². The Hall–Kier alpha value is -3.90. The summed E-state index contributed by atoms with van der Waals surface area (Å²) in [4.78, 5) is 42.5. The van der Waals surface area contributed by atoms with Crippen molar-refractivity contribution in [2.45, 2.75) is 20.4 Å². The molecule has 0 atom stereocenters. The third-order valence-corrected chi connectivity index (χ3v) is 3.48. The van der Waals surface area contributed by atoms with Crippen LogP contribution >= 0.6 is 0 Å². The standard InChI is InChI=1S/C13H12N6O7/c1-7-3-12(19(25)26)15-16(7)6-13(20)14-9-4-10(17(21)22)8(2)11(5-9)18(23)24/h3-5H,6H2,1-2H3,(H,14,20). The molecule has 1 heterocycles. The molecule has 13 heteroatoms. The van der Waals surface area contributed by atoms with Gasteiger partial charge in [-0.15, -0.1) is 0 Å². The maximum atomic E-state index is 12.1. The number of nitro benzene ring substituents is 2. The van der Waals surface area contributed by atoms with Gasteiger partial charge in [0.15, 0.2) is 0 Å². The Morgan fingerprint density at radius 1 is 1.04 bits per heavy atom. The molecule has 1 amide bonds. The number of anilines is 1. The smallest absolute Gasteiger partial charge is 0.358 e. The SMILES string of the molecule is Cc1c([N+](=O)[O-])cc(NC(=O)Cn2nc([N+](=O)[O-])cc2C)cc1[N+](=O)[O-]. The Morgan fingerprint density at radius 3 is 2.00 bits per heavy atom. The summed E-state index contributed by atoms with van der Waals surface area (Å²) >= 11 is 0. The van der Waals surface area contributed by atoms with Gasteiger partial charge in [-0.1, -0.05) is 0 Å². The molecule has 0 bridgehead atoms. The van der Waals surface area contributed by atoms with Gasteiger partial charge < -0.3 is 15.4 Å². The first-order chi connectivity index (χ1) is 12.1. The summed E-state index contributed by atoms with van der Waals surface area (Å²) < 4.78 is 1.07. The minimum Gasteiger partial charge on any atom is -0.358 e. The zero-order chi connectivity index (χ0) is 19.6. The second-order valence-electron chi connectivity index (χ2n) is 5.26. The molecule has 0 saturated carbocycles. The van der Waals surface area contributed by atoms with E-state index in [9.17, 15) is 35.1 Å². The highest BCUT2D eigenvalue weighted by Gasteiger charge is 2.24. The molecular weight excluding hydrogens is 352 g/mol. The lowest BCUT2D eigenvalue weighted by Crippen LogP contribution is -2.20. The molecule has 1 aromatic heterocycles. The molecule has 0 fully saturated rings. The van der Waals surface area contributed by atoms with Crippen molar-refractivity contribution in [1.82, 2.24) is 9.78 Å². The van der Waals surface area contributed by atoms with Crippen LogP contribution in [0.1, 0.15) is 11.3 Å². The maximum Gasteiger partial charge on any atom is 0.390 e. The number of amides is 1. The fourth-order valence-electron chi connectivity index (χ4n) is 2.21. The largest absolute Gasteiger partial charge is 0.390 e. The van der Waals surface area contributed by atoms with E-state index in [1.165, 1.54) is 19.9 Å². The van der Waals surface area contributed by atoms with Gasteiger partial charge in [0.2, 0.25) is 5.91 Å². The fraction of sp³-hybridized carbons (Fsp3) is 0.231. The minimum absolute atomic E-state index is 0.140. The molecule has 0 aliphatic heterocycles. The zero-order valence-electron chi connectivity index (χ0n) is 13.5. The van der Waals surface area contributed by atoms with Gasteiger partial charge in [0.05, 0.1) is 32.4 Å². The summed E-state index contributed by atoms with van der Waals surface area (Å²) in [5.41, 5.74) is -0.955. The molecule has 2 rings (SSSR count). The lowest BCUT2D eigenvalue weighted by atomic mass is 10.1. The molecule has 0 saturated heterocycles. The summed E-state index contributed by atoms with van der Waals surface area (Å²) in [7, 11) is 0. The molecule has 0 unspecified atom stereocenters. The molecule has 1 N–H and O–H groups in total. The Kier molecular flexibility index (Phi) is 4.91. The quantitative estimate of drug-likeness (QED) is 0.596. The number of carbonyl (C=O) groups excluding carboxylic acids is 1. The van der Waals surface area contributed by atoms with Crippen LogP contribution in [0, 0.1) is 44.2 Å². The van der Waals surface area contributed by atoms with Crippen molar-refractivity contribution < 1.29 is 19.6 Å². The summed E-state index contributed by atoms with van der Waals surface area (Å²) in [5.74, 6) is -1.14. The predicted octanol–water partition coefficient (Wildman–Crippen LogP) is 1.86. The van der Waals surface area contributed by atoms with Crippen LogP contribution in [0.25, 0.3) is 0 Å². The lowest BCUT2D eigenvalue weighted by Gasteiger charge is -2.07. The van der Waals surface area contributed by atoms with Gasteiger partial charge in [-0.3, -0.25) is 25.0 Å². The van der Waals surface area contributed by atoms with Crippen LogP contribution in [0.2, 0.25) is 0 Å². The number of nitrogens with zero attached hydrogens (tertiary/aromatic N) is 5. The number of carbonyl (C=O) groups is 1. The second kappa shape index (κ2) is 6.92. The van der Waals surface area contributed by atoms with Gasteiger partial charge in [0.1, 0.15) is 12.1 Å². The number of hydrogen-bond acceptors (Lipinski definition) is 8. The molecular formula is C13H12N6O7. The number of rotatable bonds is 6. The molecule has 13 nitrogen and oxygen atoms in total. The van der Waals surface area contributed by atoms with Crippen LogP contribution in [-0.4, -0.2) is 30.5 Å². The summed E-state index contributed by atoms with van der Waals surface area (Å²) in [6.45, 7) is 2.33. The van der Waals surface area contributed by atoms with Crippen molar-refractivity contribution in [2.75, 3.05) is 5.32 Å². The summed E-state index contributed by atoms with van der Waals surface area (Å²) in [6.07, 6.45) is 0. The van der Waals surface area contributed by atoms with E-state index in [2.05, 4.69) is 10.4 Å². The van der Waals surface area contributed by atoms with E-state index in [0.29, 0.717) is 5.69 Å². The Morgan fingerprint density at radius 2 is 1.58 bits per heavy atom. The van der Waals surface area contributed by atoms with Gasteiger partial charge in [-0.25, -0.2) is 0 Å². The first-order valence-corrected chi connectivity index (χ1v) is 7.02. The normalized spacial score (nSPS) is 10.4. The lowest BCUT2D eigenvalue weighted by molar-refractivity contribution is -0.395. The molecule has 2 aromatic rings. The van der Waals surface area contributed by atoms with E-state index < -0.39 is 44.4 Å². The van der Waals surface area contributed by atoms with Gasteiger partial charge in [0.25, 0.3) is 11.4 Å². The van der Waals surface area contributed by atoms with Gasteiger partial charge in [-0.2, -0.15) is 4.68 Å². The number of aromatic nitrogens is 2. The first kappa shape index (κ1) is 18.4. The van der Waals surface area contributed by atoms with Crippen LogP contribution in [0.5, 0.6) is 0 Å². The summed E-state index contributed by atoms with van der Waals surface area (Å²) in [5, 5.41) is 38.7. The summed E-state index contributed by atoms with van der Waals surface area (Å²) in [6, 6.07) is 3.17. The third-order valence-electron chi connectivity index (χ3n) is 3.48.